The second kappa shape index (κ2) is 13.2. The first kappa shape index (κ1) is 35.1. The average molecular weight is 647 g/mol. The molecule has 6 unspecified atom stereocenters. The maximum atomic E-state index is 13.6. The van der Waals surface area contributed by atoms with E-state index in [1.54, 1.807) is 19.1 Å². The molecule has 43 heavy (non-hydrogen) atoms. The summed E-state index contributed by atoms with van der Waals surface area (Å²) in [4.78, 5) is 23.0. The Bertz CT molecular complexity index is 1160. The maximum Gasteiger partial charge on any atom is 1.00 e. The van der Waals surface area contributed by atoms with Crippen LogP contribution >= 0.6 is 11.6 Å². The standard InChI is InChI=1S/C28H36ClF3O10.Na/c1-3-14-5-6-16(11-19(14)39-25-22(35)20(33)21(34)23(40-25)24(36)37)28(38-12-26(30,31)32)27(41-42-28)15(4-2)7-13-8-17(27)10-18(29)9-13;/h5-6,11,13,15,17-18,20-23,25,33-35H,3-4,7-10,12H2,1-2H3,(H,36,37);/q;+1/p-1/t13?,15?,17?,18?,20-,21-,22+,23-,25+,27?,28?;/m0./s1. The topological polar surface area (TPSA) is 147 Å². The largest absolute Gasteiger partial charge is 1.00 e. The molecule has 3 N–H and O–H groups in total. The van der Waals surface area contributed by atoms with Crippen LogP contribution in [0.3, 0.4) is 0 Å². The number of alkyl halides is 4. The van der Waals surface area contributed by atoms with Gasteiger partial charge in [-0.1, -0.05) is 32.4 Å². The fourth-order valence-corrected chi connectivity index (χ4v) is 7.74. The molecule has 1 aromatic carbocycles. The van der Waals surface area contributed by atoms with Crippen LogP contribution in [0.5, 0.6) is 5.75 Å². The van der Waals surface area contributed by atoms with Gasteiger partial charge in [0.15, 0.2) is 5.60 Å². The van der Waals surface area contributed by atoms with Crippen molar-refractivity contribution in [1.82, 2.24) is 0 Å². The van der Waals surface area contributed by atoms with Crippen LogP contribution in [0.15, 0.2) is 18.2 Å². The van der Waals surface area contributed by atoms with E-state index in [2.05, 4.69) is 0 Å². The van der Waals surface area contributed by atoms with E-state index < -0.39 is 60.8 Å². The van der Waals surface area contributed by atoms with Crippen molar-refractivity contribution in [2.45, 2.75) is 106 Å². The van der Waals surface area contributed by atoms with Gasteiger partial charge < -0.3 is 39.4 Å². The van der Waals surface area contributed by atoms with E-state index >= 15 is 0 Å². The van der Waals surface area contributed by atoms with Crippen molar-refractivity contribution in [3.05, 3.63) is 29.3 Å². The molecule has 2 aliphatic heterocycles. The van der Waals surface area contributed by atoms with Crippen LogP contribution in [0.1, 0.15) is 57.1 Å². The van der Waals surface area contributed by atoms with Crippen LogP contribution in [-0.4, -0.2) is 75.8 Å². The molecule has 15 heteroatoms. The normalized spacial score (nSPS) is 40.8. The molecular formula is C28H35ClF3NaO10. The number of aliphatic carboxylic acids is 1. The molecule has 0 amide bonds. The number of carboxylic acid groups (broad SMARTS) is 1. The minimum Gasteiger partial charge on any atom is -0.547 e. The molecular weight excluding hydrogens is 612 g/mol. The molecule has 4 fully saturated rings. The third-order valence-electron chi connectivity index (χ3n) is 9.19. The van der Waals surface area contributed by atoms with Gasteiger partial charge in [0, 0.05) is 10.9 Å². The Morgan fingerprint density at radius 3 is 2.40 bits per heavy atom. The van der Waals surface area contributed by atoms with Crippen LogP contribution < -0.4 is 39.4 Å². The molecule has 5 rings (SSSR count). The Hall–Kier alpha value is -0.710. The van der Waals surface area contributed by atoms with Crippen LogP contribution in [0.2, 0.25) is 0 Å². The van der Waals surface area contributed by atoms with Gasteiger partial charge in [-0.05, 0) is 61.5 Å². The monoisotopic (exact) mass is 646 g/mol. The van der Waals surface area contributed by atoms with Crippen molar-refractivity contribution in [3.63, 3.8) is 0 Å². The molecule has 10 nitrogen and oxygen atoms in total. The number of benzene rings is 1. The van der Waals surface area contributed by atoms with Crippen molar-refractivity contribution < 1.29 is 91.9 Å². The van der Waals surface area contributed by atoms with Crippen molar-refractivity contribution in [2.75, 3.05) is 6.61 Å². The number of hydrogen-bond donors (Lipinski definition) is 3. The SMILES string of the molecule is CCc1ccc(C2(OCC(F)(F)F)OOC23C(CC)CC2CC(Cl)CC3C2)cc1O[C@@H]1O[C@H](C(=O)[O-])[C@@H](O)[C@H](O)[C@H]1O.[Na+]. The number of halogens is 4. The number of aryl methyl sites for hydroxylation is 1. The smallest absolute Gasteiger partial charge is 0.547 e. The molecule has 2 saturated carbocycles. The second-order valence-corrected chi connectivity index (χ2v) is 12.3. The summed E-state index contributed by atoms with van der Waals surface area (Å²) >= 11 is 6.59. The molecule has 1 aromatic rings. The van der Waals surface area contributed by atoms with Gasteiger partial charge in [0.05, 0.1) is 5.97 Å². The number of aliphatic hydroxyl groups is 3. The number of carbonyl (C=O) groups excluding carboxylic acids is 1. The number of ether oxygens (including phenoxy) is 3. The number of fused-ring (bicyclic) bond motifs is 3. The number of carboxylic acids is 1. The van der Waals surface area contributed by atoms with Crippen LogP contribution in [0.4, 0.5) is 13.2 Å². The van der Waals surface area contributed by atoms with Gasteiger partial charge in [-0.15, -0.1) is 11.6 Å². The Labute approximate surface area is 273 Å². The quantitative estimate of drug-likeness (QED) is 0.184. The zero-order valence-electron chi connectivity index (χ0n) is 24.1. The first-order valence-electron chi connectivity index (χ1n) is 14.2. The first-order valence-corrected chi connectivity index (χ1v) is 14.6. The summed E-state index contributed by atoms with van der Waals surface area (Å²) in [5, 5.41) is 42.0. The molecule has 0 aromatic heterocycles. The molecule has 4 aliphatic rings. The fraction of sp³-hybridized carbons (Fsp3) is 0.750. The Morgan fingerprint density at radius 1 is 1.09 bits per heavy atom. The number of rotatable bonds is 8. The minimum absolute atomic E-state index is 0. The van der Waals surface area contributed by atoms with E-state index in [1.807, 2.05) is 6.92 Å². The zero-order chi connectivity index (χ0) is 30.6. The van der Waals surface area contributed by atoms with Crippen LogP contribution in [-0.2, 0) is 36.3 Å². The minimum atomic E-state index is -4.69. The van der Waals surface area contributed by atoms with E-state index in [4.69, 9.17) is 35.6 Å². The van der Waals surface area contributed by atoms with Gasteiger partial charge in [-0.3, -0.25) is 0 Å². The number of aliphatic hydroxyl groups excluding tert-OH is 3. The maximum absolute atomic E-state index is 13.6. The molecule has 2 saturated heterocycles. The van der Waals surface area contributed by atoms with Gasteiger partial charge in [0.2, 0.25) is 6.29 Å². The van der Waals surface area contributed by atoms with Crippen LogP contribution in [0.25, 0.3) is 0 Å². The van der Waals surface area contributed by atoms with Gasteiger partial charge in [0.25, 0.3) is 5.79 Å². The van der Waals surface area contributed by atoms with Crippen molar-refractivity contribution in [3.8, 4) is 5.75 Å². The van der Waals surface area contributed by atoms with Crippen molar-refractivity contribution in [2.24, 2.45) is 17.8 Å². The molecule has 236 valence electrons. The summed E-state index contributed by atoms with van der Waals surface area (Å²) in [6.45, 7) is 2.09. The summed E-state index contributed by atoms with van der Waals surface area (Å²) in [5.41, 5.74) is -0.612. The third kappa shape index (κ3) is 6.21. The summed E-state index contributed by atoms with van der Waals surface area (Å²) < 4.78 is 57.6. The van der Waals surface area contributed by atoms with E-state index in [0.29, 0.717) is 37.7 Å². The summed E-state index contributed by atoms with van der Waals surface area (Å²) in [7, 11) is 0. The van der Waals surface area contributed by atoms with Gasteiger partial charge in [0.1, 0.15) is 36.8 Å². The molecule has 2 aliphatic carbocycles. The fourth-order valence-electron chi connectivity index (χ4n) is 7.28. The van der Waals surface area contributed by atoms with Gasteiger partial charge >= 0.3 is 35.7 Å². The van der Waals surface area contributed by atoms with Gasteiger partial charge in [-0.2, -0.15) is 18.1 Å². The number of hydrogen-bond acceptors (Lipinski definition) is 10. The van der Waals surface area contributed by atoms with E-state index in [1.165, 1.54) is 6.07 Å². The molecule has 1 spiro atoms. The molecule has 11 atom stereocenters. The third-order valence-corrected chi connectivity index (χ3v) is 9.55. The zero-order valence-corrected chi connectivity index (χ0v) is 26.8. The summed E-state index contributed by atoms with van der Waals surface area (Å²) in [6.07, 6.45) is -10.6. The van der Waals surface area contributed by atoms with Crippen molar-refractivity contribution in [1.29, 1.82) is 0 Å². The number of carbonyl (C=O) groups is 1. The van der Waals surface area contributed by atoms with Crippen molar-refractivity contribution >= 4 is 17.6 Å². The summed E-state index contributed by atoms with van der Waals surface area (Å²) in [5.74, 6) is -4.01. The first-order chi connectivity index (χ1) is 19.8. The Balaban J connectivity index is 0.00000423. The predicted octanol–water partition coefficient (Wildman–Crippen LogP) is -0.925. The molecule has 2 bridgehead atoms. The second-order valence-electron chi connectivity index (χ2n) is 11.7. The van der Waals surface area contributed by atoms with Crippen LogP contribution in [0, 0.1) is 17.8 Å². The average Bonchev–Trinajstić information content (AvgIpc) is 2.91. The van der Waals surface area contributed by atoms with E-state index in [9.17, 15) is 38.4 Å². The Kier molecular flexibility index (Phi) is 10.8. The van der Waals surface area contributed by atoms with Gasteiger partial charge in [-0.25, -0.2) is 4.89 Å². The molecule has 0 radical (unpaired) electrons. The van der Waals surface area contributed by atoms with E-state index in [-0.39, 0.29) is 64.0 Å². The van der Waals surface area contributed by atoms with E-state index in [0.717, 1.165) is 6.42 Å². The Morgan fingerprint density at radius 2 is 1.81 bits per heavy atom. The molecule has 2 heterocycles. The summed E-state index contributed by atoms with van der Waals surface area (Å²) in [6, 6.07) is 4.54. The predicted molar refractivity (Wildman–Crippen MR) is 136 cm³/mol.